The van der Waals surface area contributed by atoms with E-state index in [1.807, 2.05) is 37.4 Å². The average Bonchev–Trinajstić information content (AvgIpc) is 2.69. The van der Waals surface area contributed by atoms with Gasteiger partial charge in [0.2, 0.25) is 0 Å². The van der Waals surface area contributed by atoms with Gasteiger partial charge in [-0.25, -0.2) is 0 Å². The number of fused-ring (bicyclic) bond motifs is 1. The van der Waals surface area contributed by atoms with Crippen LogP contribution < -0.4 is 5.32 Å². The van der Waals surface area contributed by atoms with Crippen molar-refractivity contribution < 1.29 is 9.90 Å². The van der Waals surface area contributed by atoms with Crippen LogP contribution in [0.15, 0.2) is 79.1 Å². The topological polar surface area (TPSA) is 62.2 Å². The molecule has 0 saturated heterocycles. The van der Waals surface area contributed by atoms with Gasteiger partial charge in [0.25, 0.3) is 5.91 Å². The number of carbonyl (C=O) groups excluding carboxylic acids is 1. The summed E-state index contributed by atoms with van der Waals surface area (Å²) in [7, 11) is 0. The Hall–Kier alpha value is -3.66. The molecule has 0 aliphatic heterocycles. The smallest absolute Gasteiger partial charge is 0.255 e. The molecule has 1 heterocycles. The van der Waals surface area contributed by atoms with Crippen LogP contribution in [0.5, 0.6) is 5.75 Å². The van der Waals surface area contributed by atoms with Crippen LogP contribution in [0.2, 0.25) is 0 Å². The van der Waals surface area contributed by atoms with E-state index in [9.17, 15) is 9.90 Å². The number of nitrogens with one attached hydrogen (secondary N) is 1. The molecule has 0 spiro atoms. The number of phenols is 1. The minimum absolute atomic E-state index is 0.134. The van der Waals surface area contributed by atoms with Crippen molar-refractivity contribution in [1.82, 2.24) is 4.98 Å². The maximum Gasteiger partial charge on any atom is 0.255 e. The average molecular weight is 354 g/mol. The van der Waals surface area contributed by atoms with Crippen molar-refractivity contribution in [2.45, 2.75) is 6.92 Å². The summed E-state index contributed by atoms with van der Waals surface area (Å²) in [6.45, 7) is 2.05. The van der Waals surface area contributed by atoms with Gasteiger partial charge in [0.05, 0.1) is 0 Å². The van der Waals surface area contributed by atoms with Crippen LogP contribution in [-0.2, 0) is 0 Å². The molecular formula is C23H18N2O2. The van der Waals surface area contributed by atoms with Crippen molar-refractivity contribution in [1.29, 1.82) is 0 Å². The molecule has 4 aromatic rings. The predicted octanol–water partition coefficient (Wildman–Crippen LogP) is 5.17. The van der Waals surface area contributed by atoms with Gasteiger partial charge in [-0.2, -0.15) is 0 Å². The zero-order valence-electron chi connectivity index (χ0n) is 14.8. The second-order valence-corrected chi connectivity index (χ2v) is 6.47. The van der Waals surface area contributed by atoms with Gasteiger partial charge in [-0.1, -0.05) is 18.2 Å². The number of aromatic hydroxyl groups is 1. The summed E-state index contributed by atoms with van der Waals surface area (Å²) in [5.41, 5.74) is 4.48. The number of phenolic OH excluding ortho intramolecular Hbond substituents is 1. The van der Waals surface area contributed by atoms with E-state index in [-0.39, 0.29) is 11.7 Å². The molecule has 4 rings (SSSR count). The molecule has 1 amide bonds. The molecule has 1 aromatic heterocycles. The maximum atomic E-state index is 12.4. The van der Waals surface area contributed by atoms with E-state index < -0.39 is 0 Å². The first kappa shape index (κ1) is 16.8. The molecule has 0 unspecified atom stereocenters. The molecule has 0 atom stereocenters. The molecule has 3 aromatic carbocycles. The number of hydrogen-bond donors (Lipinski definition) is 2. The molecule has 27 heavy (non-hydrogen) atoms. The third-order valence-electron chi connectivity index (χ3n) is 4.58. The van der Waals surface area contributed by atoms with Crippen molar-refractivity contribution in [3.05, 3.63) is 90.3 Å². The standard InChI is InChI=1S/C23H18N2O2/c1-15-2-7-20(25-23(27)17-5-8-21(26)9-6-17)13-22(15)18-4-3-16-10-11-24-14-19(16)12-18/h2-14,26H,1H3,(H,25,27). The van der Waals surface area contributed by atoms with Crippen molar-refractivity contribution in [2.24, 2.45) is 0 Å². The summed E-state index contributed by atoms with van der Waals surface area (Å²) in [4.78, 5) is 16.6. The number of hydrogen-bond acceptors (Lipinski definition) is 3. The molecule has 0 fully saturated rings. The van der Waals surface area contributed by atoms with E-state index in [1.54, 1.807) is 18.3 Å². The maximum absolute atomic E-state index is 12.4. The Balaban J connectivity index is 1.66. The lowest BCUT2D eigenvalue weighted by Crippen LogP contribution is -2.11. The molecule has 0 aliphatic rings. The van der Waals surface area contributed by atoms with Gasteiger partial charge in [-0.15, -0.1) is 0 Å². The molecule has 4 nitrogen and oxygen atoms in total. The quantitative estimate of drug-likeness (QED) is 0.534. The highest BCUT2D eigenvalue weighted by Gasteiger charge is 2.09. The van der Waals surface area contributed by atoms with Crippen LogP contribution in [0.4, 0.5) is 5.69 Å². The van der Waals surface area contributed by atoms with E-state index >= 15 is 0 Å². The lowest BCUT2D eigenvalue weighted by Gasteiger charge is -2.11. The van der Waals surface area contributed by atoms with Crippen LogP contribution in [0.25, 0.3) is 21.9 Å². The van der Waals surface area contributed by atoms with Crippen LogP contribution >= 0.6 is 0 Å². The zero-order valence-corrected chi connectivity index (χ0v) is 14.8. The number of rotatable bonds is 3. The predicted molar refractivity (Wildman–Crippen MR) is 108 cm³/mol. The van der Waals surface area contributed by atoms with Crippen LogP contribution in [-0.4, -0.2) is 16.0 Å². The van der Waals surface area contributed by atoms with E-state index in [0.29, 0.717) is 5.56 Å². The molecule has 0 saturated carbocycles. The summed E-state index contributed by atoms with van der Waals surface area (Å²) < 4.78 is 0. The fraction of sp³-hybridized carbons (Fsp3) is 0.0435. The molecular weight excluding hydrogens is 336 g/mol. The SMILES string of the molecule is Cc1ccc(NC(=O)c2ccc(O)cc2)cc1-c1ccc2ccncc2c1. The normalized spacial score (nSPS) is 10.7. The number of aryl methyl sites for hydroxylation is 1. The lowest BCUT2D eigenvalue weighted by molar-refractivity contribution is 0.102. The molecule has 4 heteroatoms. The minimum atomic E-state index is -0.215. The second-order valence-electron chi connectivity index (χ2n) is 6.47. The van der Waals surface area contributed by atoms with Crippen molar-refractivity contribution in [2.75, 3.05) is 5.32 Å². The largest absolute Gasteiger partial charge is 0.508 e. The number of nitrogens with zero attached hydrogens (tertiary/aromatic N) is 1. The third-order valence-corrected chi connectivity index (χ3v) is 4.58. The van der Waals surface area contributed by atoms with Gasteiger partial charge >= 0.3 is 0 Å². The van der Waals surface area contributed by atoms with E-state index in [0.717, 1.165) is 33.2 Å². The van der Waals surface area contributed by atoms with E-state index in [1.165, 1.54) is 12.1 Å². The molecule has 0 aliphatic carbocycles. The molecule has 0 bridgehead atoms. The van der Waals surface area contributed by atoms with Gasteiger partial charge in [-0.05, 0) is 77.5 Å². The molecule has 2 N–H and O–H groups in total. The van der Waals surface area contributed by atoms with Gasteiger partial charge in [0, 0.05) is 29.0 Å². The summed E-state index contributed by atoms with van der Waals surface area (Å²) in [6, 6.07) is 20.3. The minimum Gasteiger partial charge on any atom is -0.508 e. The number of aromatic nitrogens is 1. The number of anilines is 1. The van der Waals surface area contributed by atoms with Crippen molar-refractivity contribution in [3.8, 4) is 16.9 Å². The van der Waals surface area contributed by atoms with Gasteiger partial charge < -0.3 is 10.4 Å². The monoisotopic (exact) mass is 354 g/mol. The molecule has 0 radical (unpaired) electrons. The summed E-state index contributed by atoms with van der Waals surface area (Å²) in [6.07, 6.45) is 3.64. The first-order valence-corrected chi connectivity index (χ1v) is 8.65. The Morgan fingerprint density at radius 1 is 0.926 bits per heavy atom. The number of carbonyl (C=O) groups is 1. The van der Waals surface area contributed by atoms with Crippen LogP contribution in [0.3, 0.4) is 0 Å². The summed E-state index contributed by atoms with van der Waals surface area (Å²) in [5, 5.41) is 14.5. The Labute approximate surface area is 157 Å². The van der Waals surface area contributed by atoms with Gasteiger partial charge in [-0.3, -0.25) is 9.78 Å². The Morgan fingerprint density at radius 3 is 2.56 bits per heavy atom. The third kappa shape index (κ3) is 3.51. The zero-order chi connectivity index (χ0) is 18.8. The van der Waals surface area contributed by atoms with Crippen LogP contribution in [0, 0.1) is 6.92 Å². The van der Waals surface area contributed by atoms with Crippen molar-refractivity contribution in [3.63, 3.8) is 0 Å². The highest BCUT2D eigenvalue weighted by molar-refractivity contribution is 6.04. The molecule has 132 valence electrons. The number of benzene rings is 3. The van der Waals surface area contributed by atoms with Gasteiger partial charge in [0.1, 0.15) is 5.75 Å². The fourth-order valence-electron chi connectivity index (χ4n) is 3.08. The summed E-state index contributed by atoms with van der Waals surface area (Å²) >= 11 is 0. The van der Waals surface area contributed by atoms with Crippen molar-refractivity contribution >= 4 is 22.4 Å². The Bertz CT molecular complexity index is 1130. The fourth-order valence-corrected chi connectivity index (χ4v) is 3.08. The number of amides is 1. The lowest BCUT2D eigenvalue weighted by atomic mass is 9.98. The first-order chi connectivity index (χ1) is 13.1. The van der Waals surface area contributed by atoms with E-state index in [2.05, 4.69) is 28.5 Å². The highest BCUT2D eigenvalue weighted by Crippen LogP contribution is 2.29. The Kier molecular flexibility index (Phi) is 4.30. The van der Waals surface area contributed by atoms with Gasteiger partial charge in [0.15, 0.2) is 0 Å². The van der Waals surface area contributed by atoms with Crippen LogP contribution in [0.1, 0.15) is 15.9 Å². The Morgan fingerprint density at radius 2 is 1.74 bits per heavy atom. The second kappa shape index (κ2) is 6.92. The summed E-state index contributed by atoms with van der Waals surface area (Å²) in [5.74, 6) is -0.0810. The first-order valence-electron chi connectivity index (χ1n) is 8.65. The van der Waals surface area contributed by atoms with E-state index in [4.69, 9.17) is 0 Å². The number of pyridine rings is 1. The highest BCUT2D eigenvalue weighted by atomic mass is 16.3.